The van der Waals surface area contributed by atoms with Crippen molar-refractivity contribution in [1.82, 2.24) is 30.0 Å². The highest BCUT2D eigenvalue weighted by Gasteiger charge is 2.34. The fraction of sp³-hybridized carbons (Fsp3) is 0.700. The van der Waals surface area contributed by atoms with Crippen LogP contribution in [-0.4, -0.2) is 62.1 Å². The van der Waals surface area contributed by atoms with Crippen molar-refractivity contribution < 1.29 is 9.21 Å². The van der Waals surface area contributed by atoms with Crippen LogP contribution in [0.5, 0.6) is 0 Å². The van der Waals surface area contributed by atoms with E-state index >= 15 is 0 Å². The maximum absolute atomic E-state index is 12.5. The van der Waals surface area contributed by atoms with E-state index in [1.807, 2.05) is 9.58 Å². The standard InChI is InChI=1S/C20H32N6O2/c1-6-20(4,5)26-18(21-22-23-26)16(14-15(2)3)24-9-11-25(12-10-24)19(27)17-8-7-13-28-17/h7-8,13,15-16H,6,9-12,14H2,1-5H3/t16-/m1/s1. The fourth-order valence-electron chi connectivity index (χ4n) is 3.64. The molecular formula is C20H32N6O2. The van der Waals surface area contributed by atoms with Gasteiger partial charge >= 0.3 is 0 Å². The van der Waals surface area contributed by atoms with E-state index in [-0.39, 0.29) is 17.5 Å². The summed E-state index contributed by atoms with van der Waals surface area (Å²) in [6.45, 7) is 13.9. The molecule has 0 bridgehead atoms. The van der Waals surface area contributed by atoms with Crippen molar-refractivity contribution in [3.8, 4) is 0 Å². The third kappa shape index (κ3) is 4.27. The smallest absolute Gasteiger partial charge is 0.289 e. The first kappa shape index (κ1) is 20.5. The molecule has 154 valence electrons. The summed E-state index contributed by atoms with van der Waals surface area (Å²) in [4.78, 5) is 16.8. The predicted molar refractivity (Wildman–Crippen MR) is 106 cm³/mol. The summed E-state index contributed by atoms with van der Waals surface area (Å²) in [5, 5.41) is 12.7. The van der Waals surface area contributed by atoms with Crippen LogP contribution in [0.1, 0.15) is 69.9 Å². The predicted octanol–water partition coefficient (Wildman–Crippen LogP) is 2.96. The first-order chi connectivity index (χ1) is 13.3. The molecule has 28 heavy (non-hydrogen) atoms. The Hall–Kier alpha value is -2.22. The van der Waals surface area contributed by atoms with Gasteiger partial charge < -0.3 is 9.32 Å². The molecule has 1 amide bonds. The Balaban J connectivity index is 1.76. The number of tetrazole rings is 1. The first-order valence-corrected chi connectivity index (χ1v) is 10.2. The average Bonchev–Trinajstić information content (AvgIpc) is 3.37. The molecule has 0 radical (unpaired) electrons. The van der Waals surface area contributed by atoms with Gasteiger partial charge in [-0.2, -0.15) is 0 Å². The molecular weight excluding hydrogens is 356 g/mol. The Morgan fingerprint density at radius 2 is 1.96 bits per heavy atom. The van der Waals surface area contributed by atoms with Crippen molar-refractivity contribution >= 4 is 5.91 Å². The molecule has 0 N–H and O–H groups in total. The lowest BCUT2D eigenvalue weighted by Gasteiger charge is -2.39. The van der Waals surface area contributed by atoms with Gasteiger partial charge in [-0.1, -0.05) is 20.8 Å². The second-order valence-corrected chi connectivity index (χ2v) is 8.57. The minimum absolute atomic E-state index is 0.0398. The zero-order valence-corrected chi connectivity index (χ0v) is 17.6. The molecule has 1 atom stereocenters. The topological polar surface area (TPSA) is 80.3 Å². The number of rotatable bonds is 7. The second-order valence-electron chi connectivity index (χ2n) is 8.57. The minimum atomic E-state index is -0.134. The molecule has 1 saturated heterocycles. The van der Waals surface area contributed by atoms with Gasteiger partial charge in [-0.15, -0.1) is 5.10 Å². The molecule has 2 aromatic heterocycles. The lowest BCUT2D eigenvalue weighted by atomic mass is 9.98. The number of aromatic nitrogens is 4. The summed E-state index contributed by atoms with van der Waals surface area (Å²) in [5.74, 6) is 1.80. The number of furan rings is 1. The minimum Gasteiger partial charge on any atom is -0.459 e. The van der Waals surface area contributed by atoms with Gasteiger partial charge in [0.25, 0.3) is 5.91 Å². The molecule has 1 fully saturated rings. The van der Waals surface area contributed by atoms with Gasteiger partial charge in [0.1, 0.15) is 0 Å². The third-order valence-electron chi connectivity index (χ3n) is 5.70. The van der Waals surface area contributed by atoms with Gasteiger partial charge in [-0.25, -0.2) is 4.68 Å². The number of carbonyl (C=O) groups excluding carboxylic acids is 1. The lowest BCUT2D eigenvalue weighted by Crippen LogP contribution is -2.50. The van der Waals surface area contributed by atoms with Gasteiger partial charge in [0.15, 0.2) is 11.6 Å². The summed E-state index contributed by atoms with van der Waals surface area (Å²) in [5.41, 5.74) is -0.134. The maximum atomic E-state index is 12.5. The van der Waals surface area contributed by atoms with Crippen LogP contribution in [0.2, 0.25) is 0 Å². The van der Waals surface area contributed by atoms with Crippen molar-refractivity contribution in [3.05, 3.63) is 30.0 Å². The van der Waals surface area contributed by atoms with E-state index in [4.69, 9.17) is 4.42 Å². The molecule has 0 spiro atoms. The number of carbonyl (C=O) groups is 1. The average molecular weight is 389 g/mol. The molecule has 8 nitrogen and oxygen atoms in total. The Bertz CT molecular complexity index is 760. The summed E-state index contributed by atoms with van der Waals surface area (Å²) >= 11 is 0. The number of amides is 1. The Morgan fingerprint density at radius 1 is 1.25 bits per heavy atom. The summed E-state index contributed by atoms with van der Waals surface area (Å²) in [6.07, 6.45) is 3.47. The molecule has 0 unspecified atom stereocenters. The molecule has 3 rings (SSSR count). The van der Waals surface area contributed by atoms with Crippen molar-refractivity contribution in [2.75, 3.05) is 26.2 Å². The van der Waals surface area contributed by atoms with Crippen molar-refractivity contribution in [2.24, 2.45) is 5.92 Å². The molecule has 0 saturated carbocycles. The lowest BCUT2D eigenvalue weighted by molar-refractivity contribution is 0.0492. The van der Waals surface area contributed by atoms with Crippen molar-refractivity contribution in [3.63, 3.8) is 0 Å². The Morgan fingerprint density at radius 3 is 2.54 bits per heavy atom. The molecule has 1 aliphatic rings. The maximum Gasteiger partial charge on any atom is 0.289 e. The normalized spacial score (nSPS) is 17.3. The molecule has 1 aliphatic heterocycles. The van der Waals surface area contributed by atoms with E-state index in [0.29, 0.717) is 24.8 Å². The largest absolute Gasteiger partial charge is 0.459 e. The molecule has 3 heterocycles. The van der Waals surface area contributed by atoms with Gasteiger partial charge in [0.05, 0.1) is 17.8 Å². The molecule has 8 heteroatoms. The highest BCUT2D eigenvalue weighted by Crippen LogP contribution is 2.31. The van der Waals surface area contributed by atoms with E-state index in [1.54, 1.807) is 12.1 Å². The highest BCUT2D eigenvalue weighted by molar-refractivity contribution is 5.91. The second kappa shape index (κ2) is 8.43. The monoisotopic (exact) mass is 388 g/mol. The van der Waals surface area contributed by atoms with E-state index in [9.17, 15) is 4.79 Å². The highest BCUT2D eigenvalue weighted by atomic mass is 16.3. The number of nitrogens with zero attached hydrogens (tertiary/aromatic N) is 6. The SMILES string of the molecule is CCC(C)(C)n1nnnc1[C@@H](CC(C)C)N1CCN(C(=O)c2ccco2)CC1. The van der Waals surface area contributed by atoms with Gasteiger partial charge in [-0.3, -0.25) is 9.69 Å². The van der Waals surface area contributed by atoms with Crippen LogP contribution < -0.4 is 0 Å². The van der Waals surface area contributed by atoms with Crippen LogP contribution in [0.15, 0.2) is 22.8 Å². The van der Waals surface area contributed by atoms with Crippen LogP contribution in [0.3, 0.4) is 0 Å². The Kier molecular flexibility index (Phi) is 6.17. The third-order valence-corrected chi connectivity index (χ3v) is 5.70. The fourth-order valence-corrected chi connectivity index (χ4v) is 3.64. The van der Waals surface area contributed by atoms with E-state index < -0.39 is 0 Å². The number of hydrogen-bond acceptors (Lipinski definition) is 6. The summed E-state index contributed by atoms with van der Waals surface area (Å²) in [7, 11) is 0. The van der Waals surface area contributed by atoms with Gasteiger partial charge in [0, 0.05) is 26.2 Å². The molecule has 2 aromatic rings. The van der Waals surface area contributed by atoms with Crippen LogP contribution >= 0.6 is 0 Å². The van der Waals surface area contributed by atoms with Gasteiger partial charge in [0.2, 0.25) is 0 Å². The van der Waals surface area contributed by atoms with E-state index in [2.05, 4.69) is 55.0 Å². The zero-order chi connectivity index (χ0) is 20.3. The first-order valence-electron chi connectivity index (χ1n) is 10.2. The zero-order valence-electron chi connectivity index (χ0n) is 17.6. The van der Waals surface area contributed by atoms with E-state index in [1.165, 1.54) is 6.26 Å². The van der Waals surface area contributed by atoms with Crippen LogP contribution in [0.4, 0.5) is 0 Å². The molecule has 0 aromatic carbocycles. The molecule has 0 aliphatic carbocycles. The van der Waals surface area contributed by atoms with Gasteiger partial charge in [-0.05, 0) is 55.2 Å². The number of hydrogen-bond donors (Lipinski definition) is 0. The summed E-state index contributed by atoms with van der Waals surface area (Å²) < 4.78 is 7.25. The number of piperazine rings is 1. The Labute approximate surface area is 166 Å². The van der Waals surface area contributed by atoms with Crippen LogP contribution in [0.25, 0.3) is 0 Å². The summed E-state index contributed by atoms with van der Waals surface area (Å²) in [6, 6.07) is 3.61. The van der Waals surface area contributed by atoms with Crippen molar-refractivity contribution in [1.29, 1.82) is 0 Å². The van der Waals surface area contributed by atoms with Crippen molar-refractivity contribution in [2.45, 2.75) is 59.0 Å². The van der Waals surface area contributed by atoms with E-state index in [0.717, 1.165) is 31.8 Å². The van der Waals surface area contributed by atoms with Crippen LogP contribution in [0, 0.1) is 5.92 Å². The van der Waals surface area contributed by atoms with Crippen LogP contribution in [-0.2, 0) is 5.54 Å². The quantitative estimate of drug-likeness (QED) is 0.725.